The van der Waals surface area contributed by atoms with Crippen LogP contribution in [0.3, 0.4) is 0 Å². The van der Waals surface area contributed by atoms with Gasteiger partial charge >= 0.3 is 0 Å². The van der Waals surface area contributed by atoms with Crippen molar-refractivity contribution in [1.29, 1.82) is 0 Å². The number of nitrogens with zero attached hydrogens (tertiary/aromatic N) is 1. The Balaban J connectivity index is 1.95. The number of ether oxygens (including phenoxy) is 1. The maximum atomic E-state index is 10.6. The van der Waals surface area contributed by atoms with Crippen LogP contribution in [-0.4, -0.2) is 11.5 Å². The van der Waals surface area contributed by atoms with Crippen LogP contribution >= 0.6 is 0 Å². The number of rotatable bonds is 3. The highest BCUT2D eigenvalue weighted by Gasteiger charge is 2.05. The molecule has 0 amide bonds. The Bertz CT molecular complexity index is 627. The van der Waals surface area contributed by atoms with E-state index in [-0.39, 0.29) is 12.3 Å². The molecule has 2 aromatic rings. The summed E-state index contributed by atoms with van der Waals surface area (Å²) in [6, 6.07) is 15.6. The SMILES string of the molecule is O=[N+]([O-])c1cccc(OCC#Cc2ccccc2)c1. The van der Waals surface area contributed by atoms with Gasteiger partial charge in [0.25, 0.3) is 5.69 Å². The predicted molar refractivity (Wildman–Crippen MR) is 71.9 cm³/mol. The molecule has 19 heavy (non-hydrogen) atoms. The summed E-state index contributed by atoms with van der Waals surface area (Å²) in [6.07, 6.45) is 0. The first-order chi connectivity index (χ1) is 9.25. The first kappa shape index (κ1) is 12.7. The fourth-order valence-electron chi connectivity index (χ4n) is 1.47. The van der Waals surface area contributed by atoms with E-state index in [1.807, 2.05) is 30.3 Å². The molecule has 0 aliphatic heterocycles. The molecule has 0 saturated carbocycles. The Hall–Kier alpha value is -2.80. The van der Waals surface area contributed by atoms with E-state index in [1.165, 1.54) is 12.1 Å². The van der Waals surface area contributed by atoms with E-state index >= 15 is 0 Å². The van der Waals surface area contributed by atoms with Crippen LogP contribution in [0, 0.1) is 22.0 Å². The molecule has 0 spiro atoms. The lowest BCUT2D eigenvalue weighted by atomic mass is 10.2. The van der Waals surface area contributed by atoms with Gasteiger partial charge in [-0.25, -0.2) is 0 Å². The number of nitro groups is 1. The minimum Gasteiger partial charge on any atom is -0.481 e. The number of nitro benzene ring substituents is 1. The van der Waals surface area contributed by atoms with Crippen LogP contribution in [0.1, 0.15) is 5.56 Å². The molecule has 0 unspecified atom stereocenters. The molecule has 0 N–H and O–H groups in total. The van der Waals surface area contributed by atoms with E-state index < -0.39 is 4.92 Å². The van der Waals surface area contributed by atoms with Crippen LogP contribution in [0.4, 0.5) is 5.69 Å². The highest BCUT2D eigenvalue weighted by molar-refractivity contribution is 5.38. The largest absolute Gasteiger partial charge is 0.481 e. The second-order valence-corrected chi connectivity index (χ2v) is 3.71. The lowest BCUT2D eigenvalue weighted by Gasteiger charge is -2.00. The van der Waals surface area contributed by atoms with Gasteiger partial charge in [-0.3, -0.25) is 10.1 Å². The zero-order valence-electron chi connectivity index (χ0n) is 10.1. The zero-order valence-corrected chi connectivity index (χ0v) is 10.1. The Kier molecular flexibility index (Phi) is 4.14. The van der Waals surface area contributed by atoms with Gasteiger partial charge < -0.3 is 4.74 Å². The van der Waals surface area contributed by atoms with Gasteiger partial charge in [-0.15, -0.1) is 0 Å². The van der Waals surface area contributed by atoms with E-state index in [4.69, 9.17) is 4.74 Å². The molecule has 0 fully saturated rings. The van der Waals surface area contributed by atoms with Gasteiger partial charge in [-0.05, 0) is 18.2 Å². The van der Waals surface area contributed by atoms with Crippen molar-refractivity contribution in [3.63, 3.8) is 0 Å². The van der Waals surface area contributed by atoms with E-state index in [1.54, 1.807) is 12.1 Å². The van der Waals surface area contributed by atoms with Crippen molar-refractivity contribution in [2.75, 3.05) is 6.61 Å². The van der Waals surface area contributed by atoms with E-state index in [0.717, 1.165) is 5.56 Å². The second kappa shape index (κ2) is 6.22. The molecule has 0 atom stereocenters. The van der Waals surface area contributed by atoms with Crippen molar-refractivity contribution in [3.8, 4) is 17.6 Å². The molecule has 0 aliphatic carbocycles. The van der Waals surface area contributed by atoms with Gasteiger partial charge in [0.2, 0.25) is 0 Å². The van der Waals surface area contributed by atoms with E-state index in [9.17, 15) is 10.1 Å². The first-order valence-electron chi connectivity index (χ1n) is 5.67. The smallest absolute Gasteiger partial charge is 0.273 e. The standard InChI is InChI=1S/C15H11NO3/c17-16(18)14-9-4-10-15(12-14)19-11-5-8-13-6-2-1-3-7-13/h1-4,6-7,9-10,12H,11H2. The summed E-state index contributed by atoms with van der Waals surface area (Å²) in [5, 5.41) is 10.6. The summed E-state index contributed by atoms with van der Waals surface area (Å²) in [4.78, 5) is 10.1. The van der Waals surface area contributed by atoms with Crippen LogP contribution in [-0.2, 0) is 0 Å². The van der Waals surface area contributed by atoms with Crippen LogP contribution in [0.2, 0.25) is 0 Å². The molecule has 94 valence electrons. The normalized spacial score (nSPS) is 9.26. The quantitative estimate of drug-likeness (QED) is 0.480. The third-order valence-electron chi connectivity index (χ3n) is 2.35. The number of benzene rings is 2. The topological polar surface area (TPSA) is 52.4 Å². The molecule has 0 saturated heterocycles. The third kappa shape index (κ3) is 3.86. The Morgan fingerprint density at radius 1 is 1.11 bits per heavy atom. The first-order valence-corrected chi connectivity index (χ1v) is 5.67. The van der Waals surface area contributed by atoms with Crippen LogP contribution in [0.25, 0.3) is 0 Å². The molecule has 0 bridgehead atoms. The lowest BCUT2D eigenvalue weighted by molar-refractivity contribution is -0.384. The van der Waals surface area contributed by atoms with Crippen molar-refractivity contribution in [1.82, 2.24) is 0 Å². The van der Waals surface area contributed by atoms with E-state index in [2.05, 4.69) is 11.8 Å². The zero-order chi connectivity index (χ0) is 13.5. The minimum atomic E-state index is -0.456. The Morgan fingerprint density at radius 2 is 1.89 bits per heavy atom. The van der Waals surface area contributed by atoms with Crippen LogP contribution < -0.4 is 4.74 Å². The highest BCUT2D eigenvalue weighted by atomic mass is 16.6. The molecular formula is C15H11NO3. The van der Waals surface area contributed by atoms with Gasteiger partial charge in [0, 0.05) is 11.6 Å². The lowest BCUT2D eigenvalue weighted by Crippen LogP contribution is -1.95. The van der Waals surface area contributed by atoms with Crippen LogP contribution in [0.5, 0.6) is 5.75 Å². The number of hydrogen-bond acceptors (Lipinski definition) is 3. The number of hydrogen-bond donors (Lipinski definition) is 0. The second-order valence-electron chi connectivity index (χ2n) is 3.71. The van der Waals surface area contributed by atoms with Gasteiger partial charge in [0.15, 0.2) is 0 Å². The fourth-order valence-corrected chi connectivity index (χ4v) is 1.47. The van der Waals surface area contributed by atoms with Crippen LogP contribution in [0.15, 0.2) is 54.6 Å². The fraction of sp³-hybridized carbons (Fsp3) is 0.0667. The third-order valence-corrected chi connectivity index (χ3v) is 2.35. The maximum Gasteiger partial charge on any atom is 0.273 e. The highest BCUT2D eigenvalue weighted by Crippen LogP contribution is 2.18. The molecule has 4 nitrogen and oxygen atoms in total. The molecule has 2 aromatic carbocycles. The average Bonchev–Trinajstić information content (AvgIpc) is 2.45. The Labute approximate surface area is 110 Å². The Morgan fingerprint density at radius 3 is 2.63 bits per heavy atom. The minimum absolute atomic E-state index is 0.00789. The molecule has 0 aliphatic rings. The van der Waals surface area contributed by atoms with Crippen molar-refractivity contribution in [2.24, 2.45) is 0 Å². The monoisotopic (exact) mass is 253 g/mol. The van der Waals surface area contributed by atoms with E-state index in [0.29, 0.717) is 5.75 Å². The maximum absolute atomic E-state index is 10.6. The van der Waals surface area contributed by atoms with Crippen molar-refractivity contribution >= 4 is 5.69 Å². The molecule has 0 heterocycles. The van der Waals surface area contributed by atoms with Crippen molar-refractivity contribution < 1.29 is 9.66 Å². The summed E-state index contributed by atoms with van der Waals surface area (Å²) >= 11 is 0. The summed E-state index contributed by atoms with van der Waals surface area (Å²) < 4.78 is 5.34. The van der Waals surface area contributed by atoms with Gasteiger partial charge in [-0.2, -0.15) is 0 Å². The average molecular weight is 253 g/mol. The molecule has 4 heteroatoms. The molecule has 2 rings (SSSR count). The summed E-state index contributed by atoms with van der Waals surface area (Å²) in [5.74, 6) is 6.24. The van der Waals surface area contributed by atoms with Crippen molar-refractivity contribution in [3.05, 3.63) is 70.3 Å². The molecule has 0 aromatic heterocycles. The number of non-ortho nitro benzene ring substituents is 1. The molecular weight excluding hydrogens is 242 g/mol. The van der Waals surface area contributed by atoms with Crippen molar-refractivity contribution in [2.45, 2.75) is 0 Å². The van der Waals surface area contributed by atoms with Gasteiger partial charge in [0.05, 0.1) is 11.0 Å². The predicted octanol–water partition coefficient (Wildman–Crippen LogP) is 3.03. The summed E-state index contributed by atoms with van der Waals surface area (Å²) in [6.45, 7) is 0.191. The summed E-state index contributed by atoms with van der Waals surface area (Å²) in [5.41, 5.74) is 0.915. The molecule has 0 radical (unpaired) electrons. The summed E-state index contributed by atoms with van der Waals surface area (Å²) in [7, 11) is 0. The van der Waals surface area contributed by atoms with Gasteiger partial charge in [0.1, 0.15) is 12.4 Å². The van der Waals surface area contributed by atoms with Gasteiger partial charge in [-0.1, -0.05) is 36.1 Å².